The van der Waals surface area contributed by atoms with Crippen LogP contribution in [0.3, 0.4) is 0 Å². The first kappa shape index (κ1) is 10.5. The lowest BCUT2D eigenvalue weighted by molar-refractivity contribution is 0.415. The molecule has 0 aliphatic carbocycles. The normalized spacial score (nSPS) is 10.4. The van der Waals surface area contributed by atoms with Crippen molar-refractivity contribution in [2.75, 3.05) is 12.8 Å². The number of nitrogens with one attached hydrogen (secondary N) is 1. The summed E-state index contributed by atoms with van der Waals surface area (Å²) in [6.45, 7) is 1.80. The second-order valence-corrected chi connectivity index (χ2v) is 3.46. The van der Waals surface area contributed by atoms with Crippen LogP contribution in [-0.4, -0.2) is 17.3 Å². The molecule has 3 N–H and O–H groups in total. The maximum atomic E-state index is 13.2. The lowest BCUT2D eigenvalue weighted by Gasteiger charge is -2.06. The van der Waals surface area contributed by atoms with Crippen LogP contribution in [0.5, 0.6) is 5.75 Å². The zero-order chi connectivity index (χ0) is 11.7. The molecule has 2 aromatic rings. The Morgan fingerprint density at radius 1 is 1.44 bits per heavy atom. The molecule has 4 nitrogen and oxygen atoms in total. The van der Waals surface area contributed by atoms with Crippen LogP contribution in [0.1, 0.15) is 5.69 Å². The lowest BCUT2D eigenvalue weighted by atomic mass is 10.1. The zero-order valence-electron chi connectivity index (χ0n) is 9.04. The van der Waals surface area contributed by atoms with Gasteiger partial charge in [-0.3, -0.25) is 5.10 Å². The topological polar surface area (TPSA) is 63.9 Å². The van der Waals surface area contributed by atoms with E-state index in [4.69, 9.17) is 10.5 Å². The third kappa shape index (κ3) is 1.60. The number of nitrogens with zero attached hydrogens (tertiary/aromatic N) is 1. The van der Waals surface area contributed by atoms with Crippen LogP contribution in [0.15, 0.2) is 18.2 Å². The SMILES string of the molecule is COc1ccc(F)cc1-c1n[nH]c(C)c1N. The predicted octanol–water partition coefficient (Wildman–Crippen LogP) is 2.12. The molecule has 0 saturated carbocycles. The van der Waals surface area contributed by atoms with Crippen LogP contribution < -0.4 is 10.5 Å². The van der Waals surface area contributed by atoms with E-state index < -0.39 is 0 Å². The van der Waals surface area contributed by atoms with Gasteiger partial charge in [0.1, 0.15) is 17.3 Å². The second-order valence-electron chi connectivity index (χ2n) is 3.46. The molecule has 0 atom stereocenters. The number of nitrogen functional groups attached to an aromatic ring is 1. The van der Waals surface area contributed by atoms with Crippen molar-refractivity contribution in [1.29, 1.82) is 0 Å². The molecule has 84 valence electrons. The Hall–Kier alpha value is -2.04. The summed E-state index contributed by atoms with van der Waals surface area (Å²) in [4.78, 5) is 0. The van der Waals surface area contributed by atoms with Crippen molar-refractivity contribution in [3.8, 4) is 17.0 Å². The summed E-state index contributed by atoms with van der Waals surface area (Å²) in [7, 11) is 1.52. The maximum Gasteiger partial charge on any atom is 0.128 e. The molecule has 0 spiro atoms. The van der Waals surface area contributed by atoms with Gasteiger partial charge in [0, 0.05) is 5.56 Å². The number of aromatic amines is 1. The molecule has 1 aromatic carbocycles. The highest BCUT2D eigenvalue weighted by molar-refractivity contribution is 5.78. The Balaban J connectivity index is 2.62. The molecule has 0 radical (unpaired) electrons. The van der Waals surface area contributed by atoms with Crippen LogP contribution in [0.4, 0.5) is 10.1 Å². The fraction of sp³-hybridized carbons (Fsp3) is 0.182. The highest BCUT2D eigenvalue weighted by atomic mass is 19.1. The number of methoxy groups -OCH3 is 1. The van der Waals surface area contributed by atoms with E-state index in [1.807, 2.05) is 0 Å². The number of anilines is 1. The Bertz CT molecular complexity index is 522. The van der Waals surface area contributed by atoms with Crippen molar-refractivity contribution in [3.63, 3.8) is 0 Å². The highest BCUT2D eigenvalue weighted by Gasteiger charge is 2.14. The molecule has 0 amide bonds. The van der Waals surface area contributed by atoms with E-state index in [-0.39, 0.29) is 5.82 Å². The summed E-state index contributed by atoms with van der Waals surface area (Å²) < 4.78 is 18.3. The minimum Gasteiger partial charge on any atom is -0.496 e. The molecule has 16 heavy (non-hydrogen) atoms. The van der Waals surface area contributed by atoms with E-state index >= 15 is 0 Å². The molecule has 0 fully saturated rings. The number of hydrogen-bond donors (Lipinski definition) is 2. The molecule has 5 heteroatoms. The molecule has 0 bridgehead atoms. The van der Waals surface area contributed by atoms with Gasteiger partial charge in [-0.25, -0.2) is 4.39 Å². The van der Waals surface area contributed by atoms with E-state index in [0.29, 0.717) is 22.7 Å². The van der Waals surface area contributed by atoms with E-state index in [0.717, 1.165) is 5.69 Å². The van der Waals surface area contributed by atoms with Crippen molar-refractivity contribution >= 4 is 5.69 Å². The van der Waals surface area contributed by atoms with E-state index in [1.54, 1.807) is 13.0 Å². The molecule has 1 aromatic heterocycles. The van der Waals surface area contributed by atoms with E-state index in [1.165, 1.54) is 19.2 Å². The number of rotatable bonds is 2. The number of benzene rings is 1. The Morgan fingerprint density at radius 2 is 2.19 bits per heavy atom. The number of H-pyrrole nitrogens is 1. The fourth-order valence-electron chi connectivity index (χ4n) is 1.51. The van der Waals surface area contributed by atoms with Gasteiger partial charge in [0.15, 0.2) is 0 Å². The third-order valence-corrected chi connectivity index (χ3v) is 2.41. The van der Waals surface area contributed by atoms with Crippen molar-refractivity contribution < 1.29 is 9.13 Å². The van der Waals surface area contributed by atoms with Gasteiger partial charge < -0.3 is 10.5 Å². The van der Waals surface area contributed by atoms with Crippen LogP contribution in [0.2, 0.25) is 0 Å². The van der Waals surface area contributed by atoms with Crippen LogP contribution >= 0.6 is 0 Å². The zero-order valence-corrected chi connectivity index (χ0v) is 9.04. The minimum absolute atomic E-state index is 0.351. The smallest absolute Gasteiger partial charge is 0.128 e. The summed E-state index contributed by atoms with van der Waals surface area (Å²) in [5.41, 5.74) is 8.15. The summed E-state index contributed by atoms with van der Waals surface area (Å²) in [5.74, 6) is 0.190. The number of aromatic nitrogens is 2. The molecule has 0 aliphatic heterocycles. The van der Waals surface area contributed by atoms with Gasteiger partial charge >= 0.3 is 0 Å². The number of ether oxygens (including phenoxy) is 1. The molecule has 0 unspecified atom stereocenters. The summed E-state index contributed by atoms with van der Waals surface area (Å²) in [6.07, 6.45) is 0. The summed E-state index contributed by atoms with van der Waals surface area (Å²) in [5, 5.41) is 6.79. The minimum atomic E-state index is -0.351. The van der Waals surface area contributed by atoms with Crippen LogP contribution in [0, 0.1) is 12.7 Å². The monoisotopic (exact) mass is 221 g/mol. The van der Waals surface area contributed by atoms with Crippen LogP contribution in [0.25, 0.3) is 11.3 Å². The van der Waals surface area contributed by atoms with Crippen molar-refractivity contribution in [2.45, 2.75) is 6.92 Å². The maximum absolute atomic E-state index is 13.2. The average molecular weight is 221 g/mol. The van der Waals surface area contributed by atoms with Crippen LogP contribution in [-0.2, 0) is 0 Å². The van der Waals surface area contributed by atoms with Crippen molar-refractivity contribution in [2.24, 2.45) is 0 Å². The standard InChI is InChI=1S/C11H12FN3O/c1-6-10(13)11(15-14-6)8-5-7(12)3-4-9(8)16-2/h3-5H,13H2,1-2H3,(H,14,15). The van der Waals surface area contributed by atoms with Gasteiger partial charge in [-0.2, -0.15) is 5.10 Å². The highest BCUT2D eigenvalue weighted by Crippen LogP contribution is 2.33. The first-order valence-electron chi connectivity index (χ1n) is 4.78. The van der Waals surface area contributed by atoms with E-state index in [9.17, 15) is 4.39 Å². The van der Waals surface area contributed by atoms with Gasteiger partial charge in [-0.05, 0) is 25.1 Å². The number of halogens is 1. The Kier molecular flexibility index (Phi) is 2.52. The molecule has 0 saturated heterocycles. The van der Waals surface area contributed by atoms with Gasteiger partial charge in [0.05, 0.1) is 18.5 Å². The van der Waals surface area contributed by atoms with Gasteiger partial charge in [-0.15, -0.1) is 0 Å². The fourth-order valence-corrected chi connectivity index (χ4v) is 1.51. The summed E-state index contributed by atoms with van der Waals surface area (Å²) in [6, 6.07) is 4.23. The first-order chi connectivity index (χ1) is 7.63. The second kappa shape index (κ2) is 3.84. The lowest BCUT2D eigenvalue weighted by Crippen LogP contribution is -1.93. The molecular formula is C11H12FN3O. The van der Waals surface area contributed by atoms with Gasteiger partial charge in [0.2, 0.25) is 0 Å². The average Bonchev–Trinajstić information content (AvgIpc) is 2.60. The molecular weight excluding hydrogens is 209 g/mol. The van der Waals surface area contributed by atoms with Gasteiger partial charge in [0.25, 0.3) is 0 Å². The van der Waals surface area contributed by atoms with Gasteiger partial charge in [-0.1, -0.05) is 0 Å². The molecule has 1 heterocycles. The third-order valence-electron chi connectivity index (χ3n) is 2.41. The number of nitrogens with two attached hydrogens (primary N) is 1. The summed E-state index contributed by atoms with van der Waals surface area (Å²) >= 11 is 0. The van der Waals surface area contributed by atoms with Crippen molar-refractivity contribution in [3.05, 3.63) is 29.7 Å². The quantitative estimate of drug-likeness (QED) is 0.816. The number of hydrogen-bond acceptors (Lipinski definition) is 3. The largest absolute Gasteiger partial charge is 0.496 e. The molecule has 0 aliphatic rings. The Labute approximate surface area is 92.2 Å². The van der Waals surface area contributed by atoms with Crippen molar-refractivity contribution in [1.82, 2.24) is 10.2 Å². The number of aryl methyl sites for hydroxylation is 1. The molecule has 2 rings (SSSR count). The van der Waals surface area contributed by atoms with E-state index in [2.05, 4.69) is 10.2 Å². The first-order valence-corrected chi connectivity index (χ1v) is 4.78. The predicted molar refractivity (Wildman–Crippen MR) is 59.7 cm³/mol. The Morgan fingerprint density at radius 3 is 2.75 bits per heavy atom.